The lowest BCUT2D eigenvalue weighted by Gasteiger charge is -2.08. The molecule has 1 aromatic heterocycles. The Hall–Kier alpha value is -1.85. The van der Waals surface area contributed by atoms with Gasteiger partial charge >= 0.3 is 0 Å². The van der Waals surface area contributed by atoms with Crippen molar-refractivity contribution in [3.8, 4) is 0 Å². The number of hydrogen-bond acceptors (Lipinski definition) is 4. The van der Waals surface area contributed by atoms with Gasteiger partial charge in [-0.05, 0) is 52.6 Å². The van der Waals surface area contributed by atoms with Gasteiger partial charge < -0.3 is 0 Å². The number of hydrogen-bond donors (Lipinski definition) is 0. The predicted molar refractivity (Wildman–Crippen MR) is 113 cm³/mol. The highest BCUT2D eigenvalue weighted by atomic mass is 35.5. The average molecular weight is 413 g/mol. The number of benzene rings is 4. The summed E-state index contributed by atoms with van der Waals surface area (Å²) in [5, 5.41) is 6.01. The molecule has 6 heteroatoms. The average Bonchev–Trinajstić information content (AvgIpc) is 3.14. The molecule has 0 fully saturated rings. The summed E-state index contributed by atoms with van der Waals surface area (Å²) in [4.78, 5) is 1.94. The van der Waals surface area contributed by atoms with Gasteiger partial charge in [0.05, 0.1) is 16.8 Å². The van der Waals surface area contributed by atoms with E-state index in [2.05, 4.69) is 51.2 Å². The van der Waals surface area contributed by atoms with Crippen LogP contribution in [0.3, 0.4) is 0 Å². The summed E-state index contributed by atoms with van der Waals surface area (Å²) in [7, 11) is 0. The molecule has 0 atom stereocenters. The summed E-state index contributed by atoms with van der Waals surface area (Å²) >= 11 is 15.3. The van der Waals surface area contributed by atoms with E-state index in [1.54, 1.807) is 17.8 Å². The van der Waals surface area contributed by atoms with Crippen LogP contribution in [0.4, 0.5) is 0 Å². The van der Waals surface area contributed by atoms with Gasteiger partial charge in [-0.1, -0.05) is 59.2 Å². The third kappa shape index (κ3) is 2.74. The second-order valence-electron chi connectivity index (χ2n) is 5.93. The molecule has 0 aliphatic rings. The third-order valence-corrected chi connectivity index (χ3v) is 6.59. The van der Waals surface area contributed by atoms with Crippen LogP contribution < -0.4 is 0 Å². The molecule has 126 valence electrons. The molecule has 0 unspecified atom stereocenters. The number of halogens is 2. The minimum atomic E-state index is 0.663. The zero-order valence-electron chi connectivity index (χ0n) is 13.2. The van der Waals surface area contributed by atoms with Crippen LogP contribution in [0.1, 0.15) is 0 Å². The van der Waals surface area contributed by atoms with E-state index in [1.165, 1.54) is 22.5 Å². The molecule has 0 saturated heterocycles. The van der Waals surface area contributed by atoms with Gasteiger partial charge in [-0.2, -0.15) is 8.75 Å². The van der Waals surface area contributed by atoms with E-state index in [1.807, 2.05) is 12.1 Å². The Balaban J connectivity index is 1.77. The van der Waals surface area contributed by atoms with E-state index >= 15 is 0 Å². The fraction of sp³-hybridized carbons (Fsp3) is 0. The standard InChI is InChI=1S/C20H10Cl2N2S2/c21-14-5-6-16(22)17(10-14)25-18-9-13-7-11-3-1-2-4-12(11)8-15(13)19-20(18)24-26-23-19/h1-10H. The molecular formula is C20H10Cl2N2S2. The van der Waals surface area contributed by atoms with Crippen LogP contribution in [0.2, 0.25) is 10.0 Å². The van der Waals surface area contributed by atoms with Gasteiger partial charge in [0.1, 0.15) is 11.0 Å². The molecular weight excluding hydrogens is 403 g/mol. The summed E-state index contributed by atoms with van der Waals surface area (Å²) in [6, 6.07) is 20.4. The summed E-state index contributed by atoms with van der Waals surface area (Å²) in [5.74, 6) is 0. The molecule has 0 aliphatic carbocycles. The molecule has 0 saturated carbocycles. The second kappa shape index (κ2) is 6.39. The Morgan fingerprint density at radius 2 is 1.50 bits per heavy atom. The zero-order valence-corrected chi connectivity index (χ0v) is 16.4. The van der Waals surface area contributed by atoms with Crippen LogP contribution in [0.5, 0.6) is 0 Å². The van der Waals surface area contributed by atoms with Gasteiger partial charge in [-0.15, -0.1) is 0 Å². The summed E-state index contributed by atoms with van der Waals surface area (Å²) < 4.78 is 9.08. The molecule has 0 bridgehead atoms. The topological polar surface area (TPSA) is 25.8 Å². The highest BCUT2D eigenvalue weighted by molar-refractivity contribution is 7.99. The first-order valence-electron chi connectivity index (χ1n) is 7.90. The van der Waals surface area contributed by atoms with Gasteiger partial charge in [0.25, 0.3) is 0 Å². The van der Waals surface area contributed by atoms with Gasteiger partial charge in [-0.3, -0.25) is 0 Å². The Morgan fingerprint density at radius 3 is 2.35 bits per heavy atom. The summed E-state index contributed by atoms with van der Waals surface area (Å²) in [6.45, 7) is 0. The molecule has 0 N–H and O–H groups in total. The van der Waals surface area contributed by atoms with Crippen molar-refractivity contribution in [2.45, 2.75) is 9.79 Å². The van der Waals surface area contributed by atoms with E-state index in [0.717, 1.165) is 31.6 Å². The summed E-state index contributed by atoms with van der Waals surface area (Å²) in [6.07, 6.45) is 0. The fourth-order valence-electron chi connectivity index (χ4n) is 3.07. The fourth-order valence-corrected chi connectivity index (χ4v) is 5.19. The molecule has 0 amide bonds. The molecule has 2 nitrogen and oxygen atoms in total. The van der Waals surface area contributed by atoms with Gasteiger partial charge in [0, 0.05) is 20.2 Å². The largest absolute Gasteiger partial charge is 0.172 e. The highest BCUT2D eigenvalue weighted by Crippen LogP contribution is 2.41. The summed E-state index contributed by atoms with van der Waals surface area (Å²) in [5.41, 5.74) is 1.83. The van der Waals surface area contributed by atoms with E-state index in [-0.39, 0.29) is 0 Å². The quantitative estimate of drug-likeness (QED) is 0.281. The molecule has 0 radical (unpaired) electrons. The maximum atomic E-state index is 6.35. The van der Waals surface area contributed by atoms with E-state index in [4.69, 9.17) is 23.2 Å². The van der Waals surface area contributed by atoms with Crippen LogP contribution in [0, 0.1) is 0 Å². The van der Waals surface area contributed by atoms with Crippen molar-refractivity contribution in [3.63, 3.8) is 0 Å². The first kappa shape index (κ1) is 16.3. The van der Waals surface area contributed by atoms with E-state index < -0.39 is 0 Å². The predicted octanol–water partition coefficient (Wildman–Crippen LogP) is 7.46. The smallest absolute Gasteiger partial charge is 0.119 e. The van der Waals surface area contributed by atoms with E-state index in [9.17, 15) is 0 Å². The molecule has 0 spiro atoms. The van der Waals surface area contributed by atoms with Crippen molar-refractivity contribution in [2.24, 2.45) is 0 Å². The van der Waals surface area contributed by atoms with Crippen molar-refractivity contribution < 1.29 is 0 Å². The Morgan fingerprint density at radius 1 is 0.731 bits per heavy atom. The Labute approximate surface area is 168 Å². The molecule has 1 heterocycles. The molecule has 26 heavy (non-hydrogen) atoms. The molecule has 4 aromatic carbocycles. The highest BCUT2D eigenvalue weighted by Gasteiger charge is 2.14. The SMILES string of the molecule is Clc1ccc(Cl)c(Sc2cc3cc4ccccc4cc3c3nsnc23)c1. The van der Waals surface area contributed by atoms with Crippen LogP contribution in [-0.4, -0.2) is 8.75 Å². The van der Waals surface area contributed by atoms with Crippen LogP contribution in [0.15, 0.2) is 70.5 Å². The number of aromatic nitrogens is 2. The lowest BCUT2D eigenvalue weighted by atomic mass is 10.0. The number of nitrogens with zero attached hydrogens (tertiary/aromatic N) is 2. The van der Waals surface area contributed by atoms with Gasteiger partial charge in [-0.25, -0.2) is 0 Å². The van der Waals surface area contributed by atoms with Crippen LogP contribution >= 0.6 is 46.7 Å². The normalized spacial score (nSPS) is 11.6. The lowest BCUT2D eigenvalue weighted by molar-refractivity contribution is 1.43. The maximum absolute atomic E-state index is 6.35. The van der Waals surface area contributed by atoms with Crippen LogP contribution in [0.25, 0.3) is 32.6 Å². The second-order valence-corrected chi connectivity index (χ2v) is 8.39. The molecule has 0 aliphatic heterocycles. The number of fused-ring (bicyclic) bond motifs is 4. The van der Waals surface area contributed by atoms with Crippen molar-refractivity contribution in [1.29, 1.82) is 0 Å². The van der Waals surface area contributed by atoms with Crippen molar-refractivity contribution in [3.05, 3.63) is 70.7 Å². The number of rotatable bonds is 2. The first-order chi connectivity index (χ1) is 12.7. The van der Waals surface area contributed by atoms with Gasteiger partial charge in [0.2, 0.25) is 0 Å². The van der Waals surface area contributed by atoms with Crippen molar-refractivity contribution in [1.82, 2.24) is 8.75 Å². The monoisotopic (exact) mass is 412 g/mol. The van der Waals surface area contributed by atoms with Crippen molar-refractivity contribution >= 4 is 79.3 Å². The van der Waals surface area contributed by atoms with Crippen LogP contribution in [-0.2, 0) is 0 Å². The zero-order chi connectivity index (χ0) is 17.7. The van der Waals surface area contributed by atoms with E-state index in [0.29, 0.717) is 10.0 Å². The maximum Gasteiger partial charge on any atom is 0.119 e. The van der Waals surface area contributed by atoms with Crippen molar-refractivity contribution in [2.75, 3.05) is 0 Å². The van der Waals surface area contributed by atoms with Gasteiger partial charge in [0.15, 0.2) is 0 Å². The Bertz CT molecular complexity index is 1300. The first-order valence-corrected chi connectivity index (χ1v) is 10.2. The third-order valence-electron chi connectivity index (χ3n) is 4.29. The lowest BCUT2D eigenvalue weighted by Crippen LogP contribution is -1.84. The Kier molecular flexibility index (Phi) is 4.02. The minimum absolute atomic E-state index is 0.663. The molecule has 5 aromatic rings. The molecule has 5 rings (SSSR count). The minimum Gasteiger partial charge on any atom is -0.172 e.